The topological polar surface area (TPSA) is 43.6 Å². The minimum absolute atomic E-state index is 0.0306. The highest BCUT2D eigenvalue weighted by atomic mass is 35.5. The fourth-order valence-corrected chi connectivity index (χ4v) is 5.98. The Morgan fingerprint density at radius 3 is 2.71 bits per heavy atom. The van der Waals surface area contributed by atoms with Gasteiger partial charge in [0.1, 0.15) is 5.75 Å². The van der Waals surface area contributed by atoms with Gasteiger partial charge in [-0.05, 0) is 65.4 Å². The lowest BCUT2D eigenvalue weighted by Gasteiger charge is -2.30. The summed E-state index contributed by atoms with van der Waals surface area (Å²) in [4.78, 5) is 19.5. The van der Waals surface area contributed by atoms with E-state index in [1.54, 1.807) is 7.11 Å². The maximum atomic E-state index is 13.7. The summed E-state index contributed by atoms with van der Waals surface area (Å²) in [6.07, 6.45) is 3.72. The number of thiazole rings is 1. The van der Waals surface area contributed by atoms with Gasteiger partial charge < -0.3 is 4.74 Å². The van der Waals surface area contributed by atoms with E-state index < -0.39 is 0 Å². The predicted octanol–water partition coefficient (Wildman–Crippen LogP) is 4.98. The molecule has 0 amide bonds. The number of aryl methyl sites for hydroxylation is 1. The van der Waals surface area contributed by atoms with Crippen LogP contribution in [0.3, 0.4) is 0 Å². The van der Waals surface area contributed by atoms with Gasteiger partial charge in [-0.2, -0.15) is 0 Å². The molecule has 6 heteroatoms. The van der Waals surface area contributed by atoms with Gasteiger partial charge in [0.2, 0.25) is 0 Å². The molecule has 1 aliphatic carbocycles. The molecule has 0 unspecified atom stereocenters. The Hall–Kier alpha value is -3.41. The van der Waals surface area contributed by atoms with Crippen molar-refractivity contribution in [1.29, 1.82) is 0 Å². The van der Waals surface area contributed by atoms with E-state index >= 15 is 0 Å². The number of ether oxygens (including phenoxy) is 1. The third-order valence-electron chi connectivity index (χ3n) is 6.45. The summed E-state index contributed by atoms with van der Waals surface area (Å²) in [5.74, 6) is 0.757. The van der Waals surface area contributed by atoms with E-state index in [1.807, 2.05) is 59.2 Å². The highest BCUT2D eigenvalue weighted by Gasteiger charge is 2.32. The van der Waals surface area contributed by atoms with Gasteiger partial charge in [0.05, 0.1) is 23.4 Å². The fraction of sp³-hybridized carbons (Fsp3) is 0.143. The largest absolute Gasteiger partial charge is 0.497 e. The molecular weight excluding hydrogens is 464 g/mol. The van der Waals surface area contributed by atoms with Gasteiger partial charge in [0.25, 0.3) is 5.56 Å². The average Bonchev–Trinajstić information content (AvgIpc) is 3.18. The van der Waals surface area contributed by atoms with Gasteiger partial charge in [-0.15, -0.1) is 0 Å². The zero-order chi connectivity index (χ0) is 23.2. The Bertz CT molecular complexity index is 1630. The number of nitrogens with zero attached hydrogens (tertiary/aromatic N) is 2. The molecule has 3 aromatic carbocycles. The van der Waals surface area contributed by atoms with E-state index in [0.717, 1.165) is 45.8 Å². The molecule has 0 fully saturated rings. The Morgan fingerprint density at radius 1 is 1.06 bits per heavy atom. The first-order valence-electron chi connectivity index (χ1n) is 11.1. The summed E-state index contributed by atoms with van der Waals surface area (Å²) in [7, 11) is 1.64. The molecule has 2 aliphatic rings. The van der Waals surface area contributed by atoms with E-state index in [-0.39, 0.29) is 11.6 Å². The molecule has 34 heavy (non-hydrogen) atoms. The maximum absolute atomic E-state index is 13.7. The minimum atomic E-state index is -0.204. The van der Waals surface area contributed by atoms with Crippen LogP contribution in [0.15, 0.2) is 88.2 Å². The van der Waals surface area contributed by atoms with Crippen LogP contribution in [0.2, 0.25) is 5.02 Å². The van der Waals surface area contributed by atoms with Gasteiger partial charge in [-0.25, -0.2) is 4.99 Å². The number of halogens is 1. The third-order valence-corrected chi connectivity index (χ3v) is 7.69. The Morgan fingerprint density at radius 2 is 1.88 bits per heavy atom. The number of benzene rings is 3. The van der Waals surface area contributed by atoms with Crippen LogP contribution < -0.4 is 19.6 Å². The monoisotopic (exact) mass is 484 g/mol. The molecule has 1 aromatic heterocycles. The van der Waals surface area contributed by atoms with Gasteiger partial charge in [0, 0.05) is 10.6 Å². The van der Waals surface area contributed by atoms with Crippen molar-refractivity contribution >= 4 is 34.7 Å². The van der Waals surface area contributed by atoms with Crippen molar-refractivity contribution in [2.75, 3.05) is 7.11 Å². The van der Waals surface area contributed by atoms with E-state index in [2.05, 4.69) is 24.3 Å². The molecule has 0 saturated carbocycles. The quantitative estimate of drug-likeness (QED) is 0.411. The Labute approximate surface area is 205 Å². The highest BCUT2D eigenvalue weighted by molar-refractivity contribution is 7.07. The number of rotatable bonds is 3. The van der Waals surface area contributed by atoms with Crippen molar-refractivity contribution in [2.45, 2.75) is 18.9 Å². The molecule has 1 aliphatic heterocycles. The molecule has 0 saturated heterocycles. The molecule has 0 radical (unpaired) electrons. The Balaban J connectivity index is 1.61. The molecule has 0 N–H and O–H groups in total. The minimum Gasteiger partial charge on any atom is -0.497 e. The second-order valence-electron chi connectivity index (χ2n) is 8.44. The van der Waals surface area contributed by atoms with Gasteiger partial charge in [-0.3, -0.25) is 9.36 Å². The van der Waals surface area contributed by atoms with Crippen molar-refractivity contribution in [3.63, 3.8) is 0 Å². The van der Waals surface area contributed by atoms with E-state index in [9.17, 15) is 4.79 Å². The van der Waals surface area contributed by atoms with Crippen LogP contribution in [0, 0.1) is 0 Å². The van der Waals surface area contributed by atoms with E-state index in [4.69, 9.17) is 21.3 Å². The molecule has 0 spiro atoms. The molecule has 1 atom stereocenters. The first-order chi connectivity index (χ1) is 16.6. The van der Waals surface area contributed by atoms with Crippen molar-refractivity contribution in [1.82, 2.24) is 4.57 Å². The van der Waals surface area contributed by atoms with Crippen LogP contribution in [0.25, 0.3) is 11.8 Å². The first-order valence-corrected chi connectivity index (χ1v) is 12.3. The lowest BCUT2D eigenvalue weighted by molar-refractivity contribution is 0.414. The van der Waals surface area contributed by atoms with Crippen molar-refractivity contribution in [3.05, 3.63) is 125 Å². The van der Waals surface area contributed by atoms with Gasteiger partial charge >= 0.3 is 0 Å². The van der Waals surface area contributed by atoms with Gasteiger partial charge in [-0.1, -0.05) is 71.5 Å². The zero-order valence-corrected chi connectivity index (χ0v) is 20.1. The van der Waals surface area contributed by atoms with Crippen LogP contribution >= 0.6 is 22.9 Å². The smallest absolute Gasteiger partial charge is 0.271 e. The van der Waals surface area contributed by atoms with Crippen molar-refractivity contribution in [3.8, 4) is 5.75 Å². The SMILES string of the molecule is COc1cccc(/C=c2\sc3n(c2=O)[C@H](c2ccc(Cl)cc2)C2=C(N=3)c3ccccc3CC2)c1. The second kappa shape index (κ2) is 8.42. The van der Waals surface area contributed by atoms with Crippen LogP contribution in [0.5, 0.6) is 5.75 Å². The summed E-state index contributed by atoms with van der Waals surface area (Å²) in [6.45, 7) is 0. The molecule has 4 aromatic rings. The maximum Gasteiger partial charge on any atom is 0.271 e. The molecular formula is C28H21ClN2O2S. The normalized spacial score (nSPS) is 17.0. The average molecular weight is 485 g/mol. The van der Waals surface area contributed by atoms with Crippen LogP contribution in [-0.4, -0.2) is 11.7 Å². The predicted molar refractivity (Wildman–Crippen MR) is 137 cm³/mol. The van der Waals surface area contributed by atoms with Crippen molar-refractivity contribution < 1.29 is 4.74 Å². The number of hydrogen-bond acceptors (Lipinski definition) is 4. The number of methoxy groups -OCH3 is 1. The van der Waals surface area contributed by atoms with Crippen LogP contribution in [0.4, 0.5) is 0 Å². The number of hydrogen-bond donors (Lipinski definition) is 0. The number of aromatic nitrogens is 1. The lowest BCUT2D eigenvalue weighted by atomic mass is 9.83. The van der Waals surface area contributed by atoms with Crippen molar-refractivity contribution in [2.24, 2.45) is 4.99 Å². The summed E-state index contributed by atoms with van der Waals surface area (Å²) in [6, 6.07) is 23.8. The standard InChI is InChI=1S/C28H21ClN2O2S/c1-33-21-7-4-5-17(15-21)16-24-27(32)31-26(19-9-12-20(29)13-10-19)23-14-11-18-6-2-3-8-22(18)25(23)30-28(31)34-24/h2-10,12-13,15-16,26H,11,14H2,1H3/b24-16-/t26-/m1/s1. The molecule has 168 valence electrons. The van der Waals surface area contributed by atoms with Crippen LogP contribution in [-0.2, 0) is 6.42 Å². The molecule has 2 heterocycles. The van der Waals surface area contributed by atoms with Gasteiger partial charge in [0.15, 0.2) is 4.80 Å². The van der Waals surface area contributed by atoms with E-state index in [1.165, 1.54) is 22.5 Å². The molecule has 4 nitrogen and oxygen atoms in total. The third kappa shape index (κ3) is 3.52. The molecule has 0 bridgehead atoms. The number of fused-ring (bicyclic) bond motifs is 3. The summed E-state index contributed by atoms with van der Waals surface area (Å²) in [5.41, 5.74) is 6.57. The lowest BCUT2D eigenvalue weighted by Crippen LogP contribution is -2.38. The fourth-order valence-electron chi connectivity index (χ4n) is 4.85. The highest BCUT2D eigenvalue weighted by Crippen LogP contribution is 2.41. The first kappa shape index (κ1) is 21.1. The van der Waals surface area contributed by atoms with Crippen LogP contribution in [0.1, 0.15) is 34.7 Å². The Kier molecular flexibility index (Phi) is 5.24. The second-order valence-corrected chi connectivity index (χ2v) is 9.89. The number of allylic oxidation sites excluding steroid dienone is 1. The van der Waals surface area contributed by atoms with E-state index in [0.29, 0.717) is 9.55 Å². The summed E-state index contributed by atoms with van der Waals surface area (Å²) in [5, 5.41) is 0.678. The summed E-state index contributed by atoms with van der Waals surface area (Å²) >= 11 is 7.62. The summed E-state index contributed by atoms with van der Waals surface area (Å²) < 4.78 is 7.86. The zero-order valence-electron chi connectivity index (χ0n) is 18.5. The molecule has 6 rings (SSSR count).